The van der Waals surface area contributed by atoms with Gasteiger partial charge in [0.25, 0.3) is 5.69 Å². The molecular weight excluding hydrogens is 388 g/mol. The van der Waals surface area contributed by atoms with Gasteiger partial charge in [0.2, 0.25) is 0 Å². The van der Waals surface area contributed by atoms with Crippen LogP contribution >= 0.6 is 0 Å². The van der Waals surface area contributed by atoms with E-state index in [1.54, 1.807) is 44.6 Å². The normalized spacial score (nSPS) is 15.0. The van der Waals surface area contributed by atoms with Crippen LogP contribution in [0.4, 0.5) is 11.4 Å². The monoisotopic (exact) mass is 414 g/mol. The van der Waals surface area contributed by atoms with Crippen LogP contribution in [0.2, 0.25) is 0 Å². The topological polar surface area (TPSA) is 107 Å². The standard InChI is InChI=1S/C21H26N4O5/c1-22-20-4-3-18(13-21(20)25(27)28)30-19-5-8-23-15(12-19)11-16(26)14-24-9-6-17(29-2)7-10-24/h3-5,8,12-13,17,22H,6-7,9-11,14H2,1-2H3. The number of benzene rings is 1. The molecule has 160 valence electrons. The van der Waals surface area contributed by atoms with Gasteiger partial charge in [-0.3, -0.25) is 24.8 Å². The largest absolute Gasteiger partial charge is 0.457 e. The molecule has 1 aliphatic rings. The zero-order chi connectivity index (χ0) is 21.5. The molecule has 2 aromatic rings. The second-order valence-corrected chi connectivity index (χ2v) is 7.20. The molecule has 0 radical (unpaired) electrons. The van der Waals surface area contributed by atoms with Crippen LogP contribution in [0.3, 0.4) is 0 Å². The predicted octanol–water partition coefficient (Wildman–Crippen LogP) is 3.05. The van der Waals surface area contributed by atoms with Gasteiger partial charge < -0.3 is 14.8 Å². The van der Waals surface area contributed by atoms with Gasteiger partial charge in [-0.05, 0) is 31.0 Å². The minimum absolute atomic E-state index is 0.0725. The summed E-state index contributed by atoms with van der Waals surface area (Å²) in [5, 5.41) is 14.0. The van der Waals surface area contributed by atoms with Crippen LogP contribution in [0.15, 0.2) is 36.5 Å². The number of ketones is 1. The third-order valence-corrected chi connectivity index (χ3v) is 5.11. The summed E-state index contributed by atoms with van der Waals surface area (Å²) in [5.41, 5.74) is 0.935. The summed E-state index contributed by atoms with van der Waals surface area (Å²) >= 11 is 0. The number of Topliss-reactive ketones (excluding diaryl/α,β-unsaturated/α-hetero) is 1. The summed E-state index contributed by atoms with van der Waals surface area (Å²) in [4.78, 5) is 29.6. The van der Waals surface area contributed by atoms with Crippen LogP contribution in [0, 0.1) is 10.1 Å². The number of hydrogen-bond donors (Lipinski definition) is 1. The van der Waals surface area contributed by atoms with Crippen LogP contribution < -0.4 is 10.1 Å². The van der Waals surface area contributed by atoms with Gasteiger partial charge in [0, 0.05) is 39.5 Å². The Balaban J connectivity index is 1.60. The van der Waals surface area contributed by atoms with E-state index < -0.39 is 4.92 Å². The zero-order valence-corrected chi connectivity index (χ0v) is 17.2. The first-order valence-corrected chi connectivity index (χ1v) is 9.84. The molecule has 1 fully saturated rings. The van der Waals surface area contributed by atoms with E-state index in [1.165, 1.54) is 6.07 Å². The first-order valence-electron chi connectivity index (χ1n) is 9.84. The smallest absolute Gasteiger partial charge is 0.296 e. The van der Waals surface area contributed by atoms with Crippen molar-refractivity contribution in [3.8, 4) is 11.5 Å². The number of hydrogen-bond acceptors (Lipinski definition) is 8. The highest BCUT2D eigenvalue weighted by atomic mass is 16.6. The van der Waals surface area contributed by atoms with Crippen molar-refractivity contribution in [3.63, 3.8) is 0 Å². The van der Waals surface area contributed by atoms with E-state index in [4.69, 9.17) is 9.47 Å². The van der Waals surface area contributed by atoms with Gasteiger partial charge in [0.1, 0.15) is 17.2 Å². The number of ether oxygens (including phenoxy) is 2. The molecule has 0 unspecified atom stereocenters. The van der Waals surface area contributed by atoms with Crippen LogP contribution in [-0.2, 0) is 16.0 Å². The minimum Gasteiger partial charge on any atom is -0.457 e. The Kier molecular flexibility index (Phi) is 7.31. The Labute approximate surface area is 175 Å². The molecule has 2 heterocycles. The average molecular weight is 414 g/mol. The number of nitrogens with zero attached hydrogens (tertiary/aromatic N) is 3. The number of carbonyl (C=O) groups is 1. The van der Waals surface area contributed by atoms with E-state index in [9.17, 15) is 14.9 Å². The lowest BCUT2D eigenvalue weighted by Crippen LogP contribution is -2.39. The molecule has 0 aliphatic carbocycles. The summed E-state index contributed by atoms with van der Waals surface area (Å²) < 4.78 is 11.1. The zero-order valence-electron chi connectivity index (χ0n) is 17.2. The Morgan fingerprint density at radius 2 is 2.00 bits per heavy atom. The molecule has 1 N–H and O–H groups in total. The molecular formula is C21H26N4O5. The van der Waals surface area contributed by atoms with Crippen molar-refractivity contribution in [1.29, 1.82) is 0 Å². The molecule has 1 aliphatic heterocycles. The summed E-state index contributed by atoms with van der Waals surface area (Å²) in [6, 6.07) is 7.94. The summed E-state index contributed by atoms with van der Waals surface area (Å²) in [7, 11) is 3.34. The molecule has 0 amide bonds. The van der Waals surface area contributed by atoms with Crippen molar-refractivity contribution in [3.05, 3.63) is 52.3 Å². The fraction of sp³-hybridized carbons (Fsp3) is 0.429. The average Bonchev–Trinajstić information content (AvgIpc) is 2.74. The van der Waals surface area contributed by atoms with Crippen molar-refractivity contribution in [2.45, 2.75) is 25.4 Å². The SMILES string of the molecule is CNc1ccc(Oc2ccnc(CC(=O)CN3CCC(OC)CC3)c2)cc1[N+](=O)[O-]. The van der Waals surface area contributed by atoms with Gasteiger partial charge in [-0.1, -0.05) is 0 Å². The maximum Gasteiger partial charge on any atom is 0.296 e. The molecule has 9 nitrogen and oxygen atoms in total. The maximum absolute atomic E-state index is 12.5. The van der Waals surface area contributed by atoms with E-state index in [0.29, 0.717) is 29.4 Å². The number of nitrogens with one attached hydrogen (secondary N) is 1. The summed E-state index contributed by atoms with van der Waals surface area (Å²) in [6.07, 6.45) is 3.93. The number of rotatable bonds is 9. The van der Waals surface area contributed by atoms with E-state index in [2.05, 4.69) is 15.2 Å². The highest BCUT2D eigenvalue weighted by molar-refractivity contribution is 5.82. The van der Waals surface area contributed by atoms with Gasteiger partial charge in [-0.2, -0.15) is 0 Å². The number of methoxy groups -OCH3 is 1. The quantitative estimate of drug-likeness (QED) is 0.493. The first kappa shape index (κ1) is 21.7. The third kappa shape index (κ3) is 5.74. The van der Waals surface area contributed by atoms with E-state index >= 15 is 0 Å². The third-order valence-electron chi connectivity index (χ3n) is 5.11. The second kappa shape index (κ2) is 10.1. The second-order valence-electron chi connectivity index (χ2n) is 7.20. The maximum atomic E-state index is 12.5. The van der Waals surface area contributed by atoms with Gasteiger partial charge in [0.15, 0.2) is 5.78 Å². The van der Waals surface area contributed by atoms with Gasteiger partial charge in [-0.25, -0.2) is 0 Å². The van der Waals surface area contributed by atoms with Gasteiger partial charge in [0.05, 0.1) is 35.8 Å². The lowest BCUT2D eigenvalue weighted by atomic mass is 10.1. The van der Waals surface area contributed by atoms with E-state index in [-0.39, 0.29) is 24.0 Å². The lowest BCUT2D eigenvalue weighted by Gasteiger charge is -2.30. The molecule has 1 saturated heterocycles. The number of piperidine rings is 1. The molecule has 3 rings (SSSR count). The van der Waals surface area contributed by atoms with Crippen molar-refractivity contribution in [1.82, 2.24) is 9.88 Å². The Morgan fingerprint density at radius 3 is 2.67 bits per heavy atom. The van der Waals surface area contributed by atoms with Crippen molar-refractivity contribution in [2.24, 2.45) is 0 Å². The Bertz CT molecular complexity index is 897. The molecule has 0 bridgehead atoms. The number of pyridine rings is 1. The van der Waals surface area contributed by atoms with Gasteiger partial charge in [-0.15, -0.1) is 0 Å². The van der Waals surface area contributed by atoms with E-state index in [1.807, 2.05) is 0 Å². The van der Waals surface area contributed by atoms with Crippen LogP contribution in [0.5, 0.6) is 11.5 Å². The number of nitro benzene ring substituents is 1. The Hall–Kier alpha value is -3.04. The first-order chi connectivity index (χ1) is 14.5. The molecule has 0 spiro atoms. The fourth-order valence-electron chi connectivity index (χ4n) is 3.50. The van der Waals surface area contributed by atoms with Crippen molar-refractivity contribution >= 4 is 17.2 Å². The van der Waals surface area contributed by atoms with Crippen molar-refractivity contribution in [2.75, 3.05) is 39.1 Å². The highest BCUT2D eigenvalue weighted by Gasteiger charge is 2.21. The van der Waals surface area contributed by atoms with E-state index in [0.717, 1.165) is 25.9 Å². The summed E-state index contributed by atoms with van der Waals surface area (Å²) in [5.74, 6) is 0.898. The lowest BCUT2D eigenvalue weighted by molar-refractivity contribution is -0.384. The number of aromatic nitrogens is 1. The molecule has 0 atom stereocenters. The number of carbonyl (C=O) groups excluding carboxylic acids is 1. The number of nitro groups is 1. The fourth-order valence-corrected chi connectivity index (χ4v) is 3.50. The molecule has 30 heavy (non-hydrogen) atoms. The Morgan fingerprint density at radius 1 is 1.27 bits per heavy atom. The predicted molar refractivity (Wildman–Crippen MR) is 112 cm³/mol. The molecule has 9 heteroatoms. The van der Waals surface area contributed by atoms with Crippen LogP contribution in [0.25, 0.3) is 0 Å². The highest BCUT2D eigenvalue weighted by Crippen LogP contribution is 2.31. The van der Waals surface area contributed by atoms with Crippen LogP contribution in [0.1, 0.15) is 18.5 Å². The van der Waals surface area contributed by atoms with Crippen molar-refractivity contribution < 1.29 is 19.2 Å². The van der Waals surface area contributed by atoms with Crippen LogP contribution in [-0.4, -0.2) is 60.5 Å². The van der Waals surface area contributed by atoms with Gasteiger partial charge >= 0.3 is 0 Å². The number of anilines is 1. The number of likely N-dealkylation sites (tertiary alicyclic amines) is 1. The molecule has 1 aromatic heterocycles. The summed E-state index contributed by atoms with van der Waals surface area (Å²) in [6.45, 7) is 2.09. The molecule has 1 aromatic carbocycles. The molecule has 0 saturated carbocycles. The minimum atomic E-state index is -0.467.